The SMILES string of the molecule is Cc1cccc(NC(=O)CSc2nnc(-c3ccccc3F)n2C2CC2)c1. The van der Waals surface area contributed by atoms with E-state index in [0.29, 0.717) is 16.5 Å². The monoisotopic (exact) mass is 382 g/mol. The van der Waals surface area contributed by atoms with Gasteiger partial charge in [-0.2, -0.15) is 0 Å². The van der Waals surface area contributed by atoms with Gasteiger partial charge in [0.25, 0.3) is 0 Å². The first kappa shape index (κ1) is 17.7. The number of aryl methyl sites for hydroxylation is 1. The molecule has 1 saturated carbocycles. The molecule has 3 aromatic rings. The van der Waals surface area contributed by atoms with E-state index in [0.717, 1.165) is 24.1 Å². The molecule has 0 saturated heterocycles. The Kier molecular flexibility index (Phi) is 4.94. The quantitative estimate of drug-likeness (QED) is 0.640. The van der Waals surface area contributed by atoms with E-state index < -0.39 is 0 Å². The summed E-state index contributed by atoms with van der Waals surface area (Å²) in [4.78, 5) is 12.3. The van der Waals surface area contributed by atoms with Gasteiger partial charge < -0.3 is 5.32 Å². The van der Waals surface area contributed by atoms with E-state index in [1.807, 2.05) is 35.8 Å². The molecule has 1 fully saturated rings. The minimum atomic E-state index is -0.319. The lowest BCUT2D eigenvalue weighted by molar-refractivity contribution is -0.113. The van der Waals surface area contributed by atoms with E-state index in [2.05, 4.69) is 15.5 Å². The van der Waals surface area contributed by atoms with Gasteiger partial charge in [0.15, 0.2) is 11.0 Å². The number of anilines is 1. The van der Waals surface area contributed by atoms with Gasteiger partial charge >= 0.3 is 0 Å². The summed E-state index contributed by atoms with van der Waals surface area (Å²) in [5.41, 5.74) is 2.30. The highest BCUT2D eigenvalue weighted by Gasteiger charge is 2.31. The van der Waals surface area contributed by atoms with Crippen molar-refractivity contribution in [2.24, 2.45) is 0 Å². The first-order valence-electron chi connectivity index (χ1n) is 8.81. The van der Waals surface area contributed by atoms with Gasteiger partial charge in [0.05, 0.1) is 11.3 Å². The van der Waals surface area contributed by atoms with Crippen molar-refractivity contribution in [1.29, 1.82) is 0 Å². The minimum Gasteiger partial charge on any atom is -0.325 e. The molecule has 138 valence electrons. The van der Waals surface area contributed by atoms with Crippen LogP contribution in [-0.2, 0) is 4.79 Å². The number of halogens is 1. The molecular weight excluding hydrogens is 363 g/mol. The van der Waals surface area contributed by atoms with Crippen LogP contribution in [0.1, 0.15) is 24.4 Å². The summed E-state index contributed by atoms with van der Waals surface area (Å²) in [7, 11) is 0. The van der Waals surface area contributed by atoms with Crippen LogP contribution in [0.25, 0.3) is 11.4 Å². The number of rotatable bonds is 6. The Hall–Kier alpha value is -2.67. The zero-order chi connectivity index (χ0) is 18.8. The van der Waals surface area contributed by atoms with E-state index in [1.165, 1.54) is 17.8 Å². The first-order valence-corrected chi connectivity index (χ1v) is 9.79. The van der Waals surface area contributed by atoms with Crippen LogP contribution in [0.4, 0.5) is 10.1 Å². The Labute approximate surface area is 161 Å². The number of nitrogens with zero attached hydrogens (tertiary/aromatic N) is 3. The highest BCUT2D eigenvalue weighted by atomic mass is 32.2. The van der Waals surface area contributed by atoms with Crippen LogP contribution in [0.3, 0.4) is 0 Å². The number of amides is 1. The number of benzene rings is 2. The highest BCUT2D eigenvalue weighted by Crippen LogP contribution is 2.41. The fourth-order valence-corrected chi connectivity index (χ4v) is 3.72. The Balaban J connectivity index is 1.50. The van der Waals surface area contributed by atoms with Gasteiger partial charge in [-0.05, 0) is 49.6 Å². The Morgan fingerprint density at radius 1 is 1.22 bits per heavy atom. The number of carbonyl (C=O) groups is 1. The summed E-state index contributed by atoms with van der Waals surface area (Å²) in [6, 6.07) is 14.5. The van der Waals surface area contributed by atoms with Crippen molar-refractivity contribution in [2.45, 2.75) is 31.0 Å². The third kappa shape index (κ3) is 4.03. The highest BCUT2D eigenvalue weighted by molar-refractivity contribution is 7.99. The maximum atomic E-state index is 14.2. The predicted octanol–water partition coefficient (Wildman–Crippen LogP) is 4.46. The smallest absolute Gasteiger partial charge is 0.234 e. The maximum absolute atomic E-state index is 14.2. The second-order valence-corrected chi connectivity index (χ2v) is 7.54. The molecular formula is C20H19FN4OS. The topological polar surface area (TPSA) is 59.8 Å². The standard InChI is InChI=1S/C20H19FN4OS/c1-13-5-4-6-14(11-13)22-18(26)12-27-20-24-23-19(25(20)15-9-10-15)16-7-2-3-8-17(16)21/h2-8,11,15H,9-10,12H2,1H3,(H,22,26). The van der Waals surface area contributed by atoms with Crippen LogP contribution >= 0.6 is 11.8 Å². The largest absolute Gasteiger partial charge is 0.325 e. The third-order valence-corrected chi connectivity index (χ3v) is 5.27. The zero-order valence-corrected chi connectivity index (χ0v) is 15.7. The number of thioether (sulfide) groups is 1. The molecule has 1 aliphatic carbocycles. The normalized spacial score (nSPS) is 13.6. The lowest BCUT2D eigenvalue weighted by Gasteiger charge is -2.09. The third-order valence-electron chi connectivity index (χ3n) is 4.33. The molecule has 1 aliphatic rings. The first-order chi connectivity index (χ1) is 13.1. The molecule has 0 unspecified atom stereocenters. The molecule has 1 N–H and O–H groups in total. The molecule has 7 heteroatoms. The van der Waals surface area contributed by atoms with Crippen LogP contribution in [0.5, 0.6) is 0 Å². The summed E-state index contributed by atoms with van der Waals surface area (Å²) in [5, 5.41) is 12.0. The average molecular weight is 382 g/mol. The lowest BCUT2D eigenvalue weighted by atomic mass is 10.2. The zero-order valence-electron chi connectivity index (χ0n) is 14.9. The van der Waals surface area contributed by atoms with Gasteiger partial charge in [0.2, 0.25) is 5.91 Å². The second-order valence-electron chi connectivity index (χ2n) is 6.59. The van der Waals surface area contributed by atoms with E-state index in [4.69, 9.17) is 0 Å². The maximum Gasteiger partial charge on any atom is 0.234 e. The fourth-order valence-electron chi connectivity index (χ4n) is 2.91. The summed E-state index contributed by atoms with van der Waals surface area (Å²) in [6.45, 7) is 1.98. The summed E-state index contributed by atoms with van der Waals surface area (Å²) >= 11 is 1.32. The predicted molar refractivity (Wildman–Crippen MR) is 104 cm³/mol. The average Bonchev–Trinajstić information content (AvgIpc) is 3.40. The van der Waals surface area contributed by atoms with Crippen molar-refractivity contribution in [3.8, 4) is 11.4 Å². The van der Waals surface area contributed by atoms with Crippen molar-refractivity contribution in [3.63, 3.8) is 0 Å². The van der Waals surface area contributed by atoms with Gasteiger partial charge in [0, 0.05) is 11.7 Å². The van der Waals surface area contributed by atoms with Gasteiger partial charge in [-0.15, -0.1) is 10.2 Å². The Bertz CT molecular complexity index is 984. The molecule has 1 heterocycles. The molecule has 1 aromatic heterocycles. The molecule has 4 rings (SSSR count). The second kappa shape index (κ2) is 7.52. The summed E-state index contributed by atoms with van der Waals surface area (Å²) in [5.74, 6) is 0.317. The van der Waals surface area contributed by atoms with Crippen molar-refractivity contribution in [3.05, 3.63) is 59.9 Å². The van der Waals surface area contributed by atoms with Crippen LogP contribution in [0.15, 0.2) is 53.7 Å². The molecule has 0 spiro atoms. The van der Waals surface area contributed by atoms with Gasteiger partial charge in [-0.3, -0.25) is 9.36 Å². The molecule has 27 heavy (non-hydrogen) atoms. The number of nitrogens with one attached hydrogen (secondary N) is 1. The number of aromatic nitrogens is 3. The van der Waals surface area contributed by atoms with E-state index in [1.54, 1.807) is 18.2 Å². The molecule has 1 amide bonds. The molecule has 5 nitrogen and oxygen atoms in total. The Morgan fingerprint density at radius 3 is 2.78 bits per heavy atom. The molecule has 0 atom stereocenters. The van der Waals surface area contributed by atoms with Crippen LogP contribution in [0.2, 0.25) is 0 Å². The Morgan fingerprint density at radius 2 is 2.04 bits per heavy atom. The lowest BCUT2D eigenvalue weighted by Crippen LogP contribution is -2.14. The number of hydrogen-bond donors (Lipinski definition) is 1. The molecule has 2 aromatic carbocycles. The van der Waals surface area contributed by atoms with Crippen molar-refractivity contribution in [1.82, 2.24) is 14.8 Å². The van der Waals surface area contributed by atoms with Gasteiger partial charge in [-0.1, -0.05) is 36.0 Å². The van der Waals surface area contributed by atoms with Crippen molar-refractivity contribution in [2.75, 3.05) is 11.1 Å². The van der Waals surface area contributed by atoms with Crippen molar-refractivity contribution < 1.29 is 9.18 Å². The molecule has 0 aliphatic heterocycles. The van der Waals surface area contributed by atoms with Crippen LogP contribution in [0, 0.1) is 12.7 Å². The van der Waals surface area contributed by atoms with E-state index >= 15 is 0 Å². The number of hydrogen-bond acceptors (Lipinski definition) is 4. The molecule has 0 bridgehead atoms. The van der Waals surface area contributed by atoms with Gasteiger partial charge in [-0.25, -0.2) is 4.39 Å². The summed E-state index contributed by atoms with van der Waals surface area (Å²) < 4.78 is 16.1. The summed E-state index contributed by atoms with van der Waals surface area (Å²) in [6.07, 6.45) is 2.03. The van der Waals surface area contributed by atoms with Crippen molar-refractivity contribution >= 4 is 23.4 Å². The minimum absolute atomic E-state index is 0.108. The number of carbonyl (C=O) groups excluding carboxylic acids is 1. The fraction of sp³-hybridized carbons (Fsp3) is 0.250. The van der Waals surface area contributed by atoms with E-state index in [-0.39, 0.29) is 23.5 Å². The molecule has 0 radical (unpaired) electrons. The van der Waals surface area contributed by atoms with E-state index in [9.17, 15) is 9.18 Å². The van der Waals surface area contributed by atoms with Crippen LogP contribution < -0.4 is 5.32 Å². The van der Waals surface area contributed by atoms with Crippen LogP contribution in [-0.4, -0.2) is 26.4 Å². The van der Waals surface area contributed by atoms with Gasteiger partial charge in [0.1, 0.15) is 5.82 Å².